The summed E-state index contributed by atoms with van der Waals surface area (Å²) in [5.74, 6) is 0.00723. The number of nitrogens with zero attached hydrogens (tertiary/aromatic N) is 4. The molecule has 2 fully saturated rings. The van der Waals surface area contributed by atoms with Crippen molar-refractivity contribution in [3.8, 4) is 0 Å². The Morgan fingerprint density at radius 1 is 1.32 bits per heavy atom. The van der Waals surface area contributed by atoms with Crippen molar-refractivity contribution in [1.29, 1.82) is 0 Å². The Hall–Kier alpha value is -2.83. The van der Waals surface area contributed by atoms with Gasteiger partial charge in [0.1, 0.15) is 0 Å². The highest BCUT2D eigenvalue weighted by atomic mass is 16.2. The molecule has 2 saturated heterocycles. The zero-order chi connectivity index (χ0) is 17.4. The van der Waals surface area contributed by atoms with E-state index >= 15 is 0 Å². The number of likely N-dealkylation sites (tertiary alicyclic amines) is 1. The number of nitrogens with one attached hydrogen (secondary N) is 1. The molecule has 2 aliphatic rings. The first-order valence-corrected chi connectivity index (χ1v) is 8.58. The van der Waals surface area contributed by atoms with E-state index in [1.807, 2.05) is 48.6 Å². The van der Waals surface area contributed by atoms with Crippen LogP contribution in [0.3, 0.4) is 0 Å². The number of amides is 3. The van der Waals surface area contributed by atoms with Crippen LogP contribution in [-0.4, -0.2) is 46.3 Å². The fourth-order valence-electron chi connectivity index (χ4n) is 3.66. The monoisotopic (exact) mass is 339 g/mol. The standard InChI is InChI=1S/C18H21N5O2/c1-21-12-14(11-20-21)16-6-3-8-23(16)17(24)13-4-2-5-15(10-13)22-9-7-19-18(22)25/h2,4-5,10-12,16H,3,6-9H2,1H3,(H,19,25)/t16-/m1/s1. The maximum atomic E-state index is 13.1. The first-order valence-electron chi connectivity index (χ1n) is 8.58. The van der Waals surface area contributed by atoms with E-state index in [-0.39, 0.29) is 18.0 Å². The van der Waals surface area contributed by atoms with Crippen LogP contribution >= 0.6 is 0 Å². The van der Waals surface area contributed by atoms with Gasteiger partial charge in [-0.05, 0) is 31.0 Å². The first kappa shape index (κ1) is 15.7. The number of rotatable bonds is 3. The van der Waals surface area contributed by atoms with E-state index in [0.717, 1.165) is 30.6 Å². The van der Waals surface area contributed by atoms with Crippen molar-refractivity contribution in [2.75, 3.05) is 24.5 Å². The summed E-state index contributed by atoms with van der Waals surface area (Å²) in [6, 6.07) is 7.29. The van der Waals surface area contributed by atoms with Gasteiger partial charge in [0.25, 0.3) is 5.91 Å². The number of hydrogen-bond donors (Lipinski definition) is 1. The molecule has 0 bridgehead atoms. The maximum Gasteiger partial charge on any atom is 0.321 e. The van der Waals surface area contributed by atoms with E-state index < -0.39 is 0 Å². The lowest BCUT2D eigenvalue weighted by Crippen LogP contribution is -2.31. The third-order valence-electron chi connectivity index (χ3n) is 4.88. The number of carbonyl (C=O) groups is 2. The predicted octanol–water partition coefficient (Wildman–Crippen LogP) is 1.93. The maximum absolute atomic E-state index is 13.1. The molecule has 2 aromatic rings. The highest BCUT2D eigenvalue weighted by molar-refractivity contribution is 5.98. The second kappa shape index (κ2) is 6.23. The molecule has 0 aliphatic carbocycles. The molecule has 1 aromatic heterocycles. The lowest BCUT2D eigenvalue weighted by molar-refractivity contribution is 0.0735. The van der Waals surface area contributed by atoms with Gasteiger partial charge >= 0.3 is 6.03 Å². The Morgan fingerprint density at radius 2 is 2.20 bits per heavy atom. The number of urea groups is 1. The van der Waals surface area contributed by atoms with E-state index in [1.165, 1.54) is 0 Å². The molecule has 0 saturated carbocycles. The average molecular weight is 339 g/mol. The third-order valence-corrected chi connectivity index (χ3v) is 4.88. The molecule has 1 atom stereocenters. The molecule has 1 aromatic carbocycles. The zero-order valence-corrected chi connectivity index (χ0v) is 14.2. The highest BCUT2D eigenvalue weighted by Gasteiger charge is 2.32. The lowest BCUT2D eigenvalue weighted by atomic mass is 10.1. The molecule has 0 radical (unpaired) electrons. The lowest BCUT2D eigenvalue weighted by Gasteiger charge is -2.24. The molecule has 7 nitrogen and oxygen atoms in total. The largest absolute Gasteiger partial charge is 0.336 e. The molecular weight excluding hydrogens is 318 g/mol. The zero-order valence-electron chi connectivity index (χ0n) is 14.2. The number of anilines is 1. The normalized spacial score (nSPS) is 20.2. The summed E-state index contributed by atoms with van der Waals surface area (Å²) in [4.78, 5) is 28.5. The van der Waals surface area contributed by atoms with Crippen LogP contribution in [0.4, 0.5) is 10.5 Å². The van der Waals surface area contributed by atoms with Crippen molar-refractivity contribution in [1.82, 2.24) is 20.0 Å². The van der Waals surface area contributed by atoms with Crippen LogP contribution in [0.5, 0.6) is 0 Å². The molecule has 130 valence electrons. The summed E-state index contributed by atoms with van der Waals surface area (Å²) in [6.45, 7) is 2.00. The Labute approximate surface area is 146 Å². The average Bonchev–Trinajstić information content (AvgIpc) is 3.34. The predicted molar refractivity (Wildman–Crippen MR) is 93.4 cm³/mol. The minimum absolute atomic E-state index is 0.00723. The number of hydrogen-bond acceptors (Lipinski definition) is 3. The van der Waals surface area contributed by atoms with Gasteiger partial charge in [0.15, 0.2) is 0 Å². The van der Waals surface area contributed by atoms with Crippen molar-refractivity contribution in [2.45, 2.75) is 18.9 Å². The van der Waals surface area contributed by atoms with Crippen molar-refractivity contribution < 1.29 is 9.59 Å². The Morgan fingerprint density at radius 3 is 2.92 bits per heavy atom. The van der Waals surface area contributed by atoms with E-state index in [9.17, 15) is 9.59 Å². The molecule has 0 unspecified atom stereocenters. The van der Waals surface area contributed by atoms with Gasteiger partial charge < -0.3 is 10.2 Å². The number of aryl methyl sites for hydroxylation is 1. The first-order chi connectivity index (χ1) is 12.1. The summed E-state index contributed by atoms with van der Waals surface area (Å²) in [6.07, 6.45) is 5.74. The van der Waals surface area contributed by atoms with Crippen molar-refractivity contribution >= 4 is 17.6 Å². The summed E-state index contributed by atoms with van der Waals surface area (Å²) in [5, 5.41) is 7.02. The fourth-order valence-corrected chi connectivity index (χ4v) is 3.66. The summed E-state index contributed by atoms with van der Waals surface area (Å²) < 4.78 is 1.77. The van der Waals surface area contributed by atoms with E-state index in [2.05, 4.69) is 10.4 Å². The van der Waals surface area contributed by atoms with Gasteiger partial charge in [0, 0.05) is 49.7 Å². The molecule has 0 spiro atoms. The minimum Gasteiger partial charge on any atom is -0.336 e. The van der Waals surface area contributed by atoms with Gasteiger partial charge in [-0.25, -0.2) is 4.79 Å². The van der Waals surface area contributed by atoms with Crippen LogP contribution in [0, 0.1) is 0 Å². The van der Waals surface area contributed by atoms with Crippen LogP contribution in [0.2, 0.25) is 0 Å². The molecule has 2 aliphatic heterocycles. The van der Waals surface area contributed by atoms with E-state index in [1.54, 1.807) is 9.58 Å². The SMILES string of the molecule is Cn1cc([C@H]2CCCN2C(=O)c2cccc(N3CCNC3=O)c2)cn1. The van der Waals surface area contributed by atoms with Crippen LogP contribution in [0.25, 0.3) is 0 Å². The van der Waals surface area contributed by atoms with Crippen molar-refractivity contribution in [3.63, 3.8) is 0 Å². The summed E-state index contributed by atoms with van der Waals surface area (Å²) in [5.41, 5.74) is 2.45. The van der Waals surface area contributed by atoms with Crippen LogP contribution in [0.15, 0.2) is 36.7 Å². The van der Waals surface area contributed by atoms with Gasteiger partial charge in [-0.3, -0.25) is 14.4 Å². The van der Waals surface area contributed by atoms with Crippen molar-refractivity contribution in [3.05, 3.63) is 47.8 Å². The molecule has 4 rings (SSSR count). The molecular formula is C18H21N5O2. The summed E-state index contributed by atoms with van der Waals surface area (Å²) >= 11 is 0. The quantitative estimate of drug-likeness (QED) is 0.929. The molecule has 1 N–H and O–H groups in total. The molecule has 3 heterocycles. The Kier molecular flexibility index (Phi) is 3.91. The van der Waals surface area contributed by atoms with Crippen molar-refractivity contribution in [2.24, 2.45) is 7.05 Å². The summed E-state index contributed by atoms with van der Waals surface area (Å²) in [7, 11) is 1.88. The number of carbonyl (C=O) groups excluding carboxylic acids is 2. The fraction of sp³-hybridized carbons (Fsp3) is 0.389. The van der Waals surface area contributed by atoms with Gasteiger partial charge in [0.05, 0.1) is 12.2 Å². The van der Waals surface area contributed by atoms with E-state index in [4.69, 9.17) is 0 Å². The van der Waals surface area contributed by atoms with Gasteiger partial charge in [-0.15, -0.1) is 0 Å². The number of benzene rings is 1. The second-order valence-electron chi connectivity index (χ2n) is 6.54. The van der Waals surface area contributed by atoms with Crippen LogP contribution in [0.1, 0.15) is 34.8 Å². The van der Waals surface area contributed by atoms with Crippen LogP contribution < -0.4 is 10.2 Å². The van der Waals surface area contributed by atoms with Crippen LogP contribution in [-0.2, 0) is 7.05 Å². The topological polar surface area (TPSA) is 70.5 Å². The molecule has 3 amide bonds. The third kappa shape index (κ3) is 2.86. The smallest absolute Gasteiger partial charge is 0.321 e. The molecule has 25 heavy (non-hydrogen) atoms. The number of aromatic nitrogens is 2. The minimum atomic E-state index is -0.112. The highest BCUT2D eigenvalue weighted by Crippen LogP contribution is 2.33. The van der Waals surface area contributed by atoms with Gasteiger partial charge in [-0.2, -0.15) is 5.10 Å². The van der Waals surface area contributed by atoms with Gasteiger partial charge in [-0.1, -0.05) is 6.07 Å². The molecule has 7 heteroatoms. The second-order valence-corrected chi connectivity index (χ2v) is 6.54. The van der Waals surface area contributed by atoms with Gasteiger partial charge in [0.2, 0.25) is 0 Å². The van der Waals surface area contributed by atoms with E-state index in [0.29, 0.717) is 18.7 Å². The Bertz CT molecular complexity index is 815. The Balaban J connectivity index is 1.59.